The number of amides is 1. The maximum atomic E-state index is 11.8. The first kappa shape index (κ1) is 17.9. The van der Waals surface area contributed by atoms with Crippen LogP contribution in [0.15, 0.2) is 12.5 Å². The van der Waals surface area contributed by atoms with E-state index in [9.17, 15) is 4.79 Å². The van der Waals surface area contributed by atoms with Crippen LogP contribution in [0.1, 0.15) is 53.3 Å². The van der Waals surface area contributed by atoms with E-state index in [2.05, 4.69) is 35.0 Å². The van der Waals surface area contributed by atoms with Crippen molar-refractivity contribution in [3.05, 3.63) is 18.2 Å². The number of nitrogens with one attached hydrogen (secondary N) is 1. The average molecular weight is 313 g/mol. The number of nitrogens with zero attached hydrogens (tertiary/aromatic N) is 2. The van der Waals surface area contributed by atoms with Crippen LogP contribution in [0.25, 0.3) is 0 Å². The van der Waals surface area contributed by atoms with Crippen molar-refractivity contribution in [3.63, 3.8) is 0 Å². The van der Waals surface area contributed by atoms with Gasteiger partial charge in [-0.05, 0) is 47.8 Å². The fraction of sp³-hybridized carbons (Fsp3) is 0.733. The maximum Gasteiger partial charge on any atom is 0.408 e. The molecule has 0 bridgehead atoms. The number of hydrogen-bond acceptors (Lipinski definition) is 4. The zero-order valence-electron chi connectivity index (χ0n) is 14.1. The molecule has 6 heteroatoms. The standard InChI is InChI=1S/C15H27N3O2S/c1-11(17-13(19)20-14(2,3)4)12-8-16-10-18(12)9-15(5,6)21-7/h8,10-11H,9H2,1-7H3,(H,17,19). The number of carbonyl (C=O) groups is 1. The highest BCUT2D eigenvalue weighted by Gasteiger charge is 2.22. The van der Waals surface area contributed by atoms with Crippen LogP contribution in [0.3, 0.4) is 0 Å². The number of ether oxygens (including phenoxy) is 1. The predicted octanol–water partition coefficient (Wildman–Crippen LogP) is 3.61. The van der Waals surface area contributed by atoms with Crippen LogP contribution in [-0.2, 0) is 11.3 Å². The van der Waals surface area contributed by atoms with Gasteiger partial charge in [0.2, 0.25) is 0 Å². The number of carbonyl (C=O) groups excluding carboxylic acids is 1. The summed E-state index contributed by atoms with van der Waals surface area (Å²) in [5, 5.41) is 2.85. The number of thioether (sulfide) groups is 1. The molecule has 0 spiro atoms. The first-order chi connectivity index (χ1) is 9.54. The van der Waals surface area contributed by atoms with Crippen LogP contribution in [0.4, 0.5) is 4.79 Å². The number of rotatable bonds is 5. The first-order valence-electron chi connectivity index (χ1n) is 7.09. The minimum absolute atomic E-state index is 0.112. The molecule has 1 amide bonds. The Bertz CT molecular complexity index is 478. The number of alkyl carbamates (subject to hydrolysis) is 1. The van der Waals surface area contributed by atoms with Gasteiger partial charge < -0.3 is 14.6 Å². The Morgan fingerprint density at radius 3 is 2.57 bits per heavy atom. The van der Waals surface area contributed by atoms with Gasteiger partial charge in [-0.25, -0.2) is 9.78 Å². The quantitative estimate of drug-likeness (QED) is 0.902. The third kappa shape index (κ3) is 5.99. The van der Waals surface area contributed by atoms with Crippen LogP contribution >= 0.6 is 11.8 Å². The summed E-state index contributed by atoms with van der Waals surface area (Å²) in [6.45, 7) is 12.7. The Labute approximate surface area is 131 Å². The monoisotopic (exact) mass is 313 g/mol. The molecule has 0 aliphatic carbocycles. The molecule has 1 atom stereocenters. The molecule has 1 rings (SSSR count). The minimum atomic E-state index is -0.495. The molecule has 1 aromatic heterocycles. The van der Waals surface area contributed by atoms with Crippen molar-refractivity contribution in [3.8, 4) is 0 Å². The van der Waals surface area contributed by atoms with Gasteiger partial charge in [0.05, 0.1) is 24.3 Å². The number of hydrogen-bond donors (Lipinski definition) is 1. The highest BCUT2D eigenvalue weighted by Crippen LogP contribution is 2.25. The molecular weight excluding hydrogens is 286 g/mol. The fourth-order valence-corrected chi connectivity index (χ4v) is 2.12. The lowest BCUT2D eigenvalue weighted by atomic mass is 10.2. The molecule has 1 heterocycles. The fourth-order valence-electron chi connectivity index (χ4n) is 1.86. The van der Waals surface area contributed by atoms with E-state index in [1.165, 1.54) is 0 Å². The lowest BCUT2D eigenvalue weighted by Crippen LogP contribution is -2.35. The average Bonchev–Trinajstić information content (AvgIpc) is 2.73. The van der Waals surface area contributed by atoms with Crippen LogP contribution in [-0.4, -0.2) is 32.2 Å². The van der Waals surface area contributed by atoms with Crippen LogP contribution in [0, 0.1) is 0 Å². The van der Waals surface area contributed by atoms with Gasteiger partial charge in [0.1, 0.15) is 5.60 Å². The molecular formula is C15H27N3O2S. The van der Waals surface area contributed by atoms with E-state index in [0.29, 0.717) is 0 Å². The van der Waals surface area contributed by atoms with Crippen molar-refractivity contribution in [2.45, 2.75) is 64.5 Å². The van der Waals surface area contributed by atoms with Crippen molar-refractivity contribution in [2.75, 3.05) is 6.26 Å². The van der Waals surface area contributed by atoms with Crippen molar-refractivity contribution in [1.29, 1.82) is 0 Å². The zero-order valence-corrected chi connectivity index (χ0v) is 14.9. The van der Waals surface area contributed by atoms with Gasteiger partial charge in [0.25, 0.3) is 0 Å². The summed E-state index contributed by atoms with van der Waals surface area (Å²) in [6, 6.07) is -0.153. The summed E-state index contributed by atoms with van der Waals surface area (Å²) < 4.78 is 7.48. The highest BCUT2D eigenvalue weighted by molar-refractivity contribution is 7.99. The molecule has 21 heavy (non-hydrogen) atoms. The molecule has 0 fully saturated rings. The minimum Gasteiger partial charge on any atom is -0.444 e. The normalized spacial score (nSPS) is 13.9. The van der Waals surface area contributed by atoms with Gasteiger partial charge in [0, 0.05) is 11.3 Å². The Balaban J connectivity index is 2.74. The van der Waals surface area contributed by atoms with Crippen LogP contribution < -0.4 is 5.32 Å². The number of imidazole rings is 1. The van der Waals surface area contributed by atoms with E-state index in [0.717, 1.165) is 12.2 Å². The molecule has 0 aromatic carbocycles. The molecule has 1 N–H and O–H groups in total. The van der Waals surface area contributed by atoms with E-state index in [1.54, 1.807) is 24.3 Å². The number of aromatic nitrogens is 2. The van der Waals surface area contributed by atoms with Crippen LogP contribution in [0.2, 0.25) is 0 Å². The topological polar surface area (TPSA) is 56.2 Å². The third-order valence-corrected chi connectivity index (χ3v) is 4.26. The van der Waals surface area contributed by atoms with Gasteiger partial charge >= 0.3 is 6.09 Å². The summed E-state index contributed by atoms with van der Waals surface area (Å²) >= 11 is 1.81. The van der Waals surface area contributed by atoms with E-state index in [1.807, 2.05) is 27.7 Å². The Morgan fingerprint density at radius 1 is 1.43 bits per heavy atom. The molecule has 1 aromatic rings. The Hall–Kier alpha value is -1.17. The van der Waals surface area contributed by atoms with E-state index >= 15 is 0 Å². The smallest absolute Gasteiger partial charge is 0.408 e. The third-order valence-electron chi connectivity index (χ3n) is 3.03. The molecule has 0 radical (unpaired) electrons. The van der Waals surface area contributed by atoms with Gasteiger partial charge in [-0.1, -0.05) is 0 Å². The zero-order chi connectivity index (χ0) is 16.3. The van der Waals surface area contributed by atoms with E-state index < -0.39 is 11.7 Å². The van der Waals surface area contributed by atoms with E-state index in [-0.39, 0.29) is 10.8 Å². The Kier molecular flexibility index (Phi) is 5.73. The second-order valence-electron chi connectivity index (χ2n) is 6.78. The maximum absolute atomic E-state index is 11.8. The van der Waals surface area contributed by atoms with E-state index in [4.69, 9.17) is 4.74 Å². The second-order valence-corrected chi connectivity index (χ2v) is 8.29. The summed E-state index contributed by atoms with van der Waals surface area (Å²) in [4.78, 5) is 16.1. The van der Waals surface area contributed by atoms with Gasteiger partial charge in [-0.2, -0.15) is 11.8 Å². The molecule has 5 nitrogen and oxygen atoms in total. The molecule has 0 saturated carbocycles. The molecule has 120 valence electrons. The highest BCUT2D eigenvalue weighted by atomic mass is 32.2. The van der Waals surface area contributed by atoms with Crippen molar-refractivity contribution >= 4 is 17.9 Å². The van der Waals surface area contributed by atoms with Crippen molar-refractivity contribution in [1.82, 2.24) is 14.9 Å². The second kappa shape index (κ2) is 6.73. The Morgan fingerprint density at radius 2 is 2.05 bits per heavy atom. The lowest BCUT2D eigenvalue weighted by molar-refractivity contribution is 0.0506. The van der Waals surface area contributed by atoms with Crippen LogP contribution in [0.5, 0.6) is 0 Å². The largest absolute Gasteiger partial charge is 0.444 e. The SMILES string of the molecule is CSC(C)(C)Cn1cncc1C(C)NC(=O)OC(C)(C)C. The molecule has 0 saturated heterocycles. The molecule has 1 unspecified atom stereocenters. The summed E-state index contributed by atoms with van der Waals surface area (Å²) in [5.41, 5.74) is 0.480. The first-order valence-corrected chi connectivity index (χ1v) is 8.31. The van der Waals surface area contributed by atoms with Gasteiger partial charge in [-0.15, -0.1) is 0 Å². The van der Waals surface area contributed by atoms with Crippen molar-refractivity contribution in [2.24, 2.45) is 0 Å². The van der Waals surface area contributed by atoms with Crippen molar-refractivity contribution < 1.29 is 9.53 Å². The molecule has 0 aliphatic rings. The summed E-state index contributed by atoms with van der Waals surface area (Å²) in [7, 11) is 0. The summed E-state index contributed by atoms with van der Waals surface area (Å²) in [5.74, 6) is 0. The molecule has 0 aliphatic heterocycles. The van der Waals surface area contributed by atoms with Gasteiger partial charge in [-0.3, -0.25) is 0 Å². The lowest BCUT2D eigenvalue weighted by Gasteiger charge is -2.26. The predicted molar refractivity (Wildman–Crippen MR) is 87.6 cm³/mol. The van der Waals surface area contributed by atoms with Gasteiger partial charge in [0.15, 0.2) is 0 Å². The summed E-state index contributed by atoms with van der Waals surface area (Å²) in [6.07, 6.45) is 5.28.